The Morgan fingerprint density at radius 2 is 2.00 bits per heavy atom. The highest BCUT2D eigenvalue weighted by atomic mass is 79.9. The summed E-state index contributed by atoms with van der Waals surface area (Å²) in [5.41, 5.74) is 6.75. The number of furan rings is 1. The van der Waals surface area contributed by atoms with Gasteiger partial charge in [0.1, 0.15) is 11.9 Å². The zero-order valence-electron chi connectivity index (χ0n) is 9.51. The molecule has 0 aliphatic rings. The Kier molecular flexibility index (Phi) is 4.61. The van der Waals surface area contributed by atoms with Crippen LogP contribution in [0.15, 0.2) is 50.0 Å². The molecule has 0 saturated carbocycles. The average Bonchev–Trinajstić information content (AvgIpc) is 2.77. The van der Waals surface area contributed by atoms with Crippen molar-refractivity contribution >= 4 is 31.9 Å². The van der Waals surface area contributed by atoms with Crippen molar-refractivity contribution in [3.63, 3.8) is 0 Å². The second-order valence-electron chi connectivity index (χ2n) is 3.98. The highest BCUT2D eigenvalue weighted by molar-refractivity contribution is 9.10. The molecule has 2 rings (SSSR count). The summed E-state index contributed by atoms with van der Waals surface area (Å²) < 4.78 is 6.94. The molecule has 0 aliphatic carbocycles. The minimum atomic E-state index is -0.754. The molecule has 3 N–H and O–H groups in total. The molecule has 0 fully saturated rings. The molecule has 1 aromatic carbocycles. The number of aliphatic hydroxyl groups excluding tert-OH is 1. The Labute approximate surface area is 122 Å². The number of hydrogen-bond donors (Lipinski definition) is 2. The van der Waals surface area contributed by atoms with Gasteiger partial charge in [0.2, 0.25) is 0 Å². The highest BCUT2D eigenvalue weighted by Gasteiger charge is 2.24. The topological polar surface area (TPSA) is 59.4 Å². The molecular weight excluding hydrogens is 362 g/mol. The third kappa shape index (κ3) is 3.03. The van der Waals surface area contributed by atoms with Crippen molar-refractivity contribution in [1.82, 2.24) is 0 Å². The summed E-state index contributed by atoms with van der Waals surface area (Å²) >= 11 is 6.64. The van der Waals surface area contributed by atoms with Crippen molar-refractivity contribution in [2.75, 3.05) is 6.54 Å². The van der Waals surface area contributed by atoms with Crippen LogP contribution in [-0.4, -0.2) is 11.7 Å². The number of benzene rings is 1. The standard InChI is InChI=1S/C13H13Br2NO2/c14-9-3-1-2-8(6-9)10(7-16)13(17)11-4-5-12(15)18-11/h1-6,10,13,17H,7,16H2. The van der Waals surface area contributed by atoms with Gasteiger partial charge in [-0.3, -0.25) is 0 Å². The number of halogens is 2. The van der Waals surface area contributed by atoms with Crippen LogP contribution in [0.25, 0.3) is 0 Å². The lowest BCUT2D eigenvalue weighted by Gasteiger charge is -2.20. The third-order valence-corrected chi connectivity index (χ3v) is 3.72. The van der Waals surface area contributed by atoms with Crippen LogP contribution < -0.4 is 5.73 Å². The smallest absolute Gasteiger partial charge is 0.169 e. The maximum absolute atomic E-state index is 10.3. The lowest BCUT2D eigenvalue weighted by atomic mass is 9.92. The summed E-state index contributed by atoms with van der Waals surface area (Å²) in [4.78, 5) is 0. The first-order chi connectivity index (χ1) is 8.61. The number of nitrogens with two attached hydrogens (primary N) is 1. The Bertz CT molecular complexity index is 527. The van der Waals surface area contributed by atoms with Gasteiger partial charge in [-0.15, -0.1) is 0 Å². The molecule has 2 atom stereocenters. The largest absolute Gasteiger partial charge is 0.452 e. The molecule has 1 heterocycles. The maximum Gasteiger partial charge on any atom is 0.169 e. The second-order valence-corrected chi connectivity index (χ2v) is 5.68. The summed E-state index contributed by atoms with van der Waals surface area (Å²) in [6.45, 7) is 0.343. The van der Waals surface area contributed by atoms with Crippen LogP contribution in [0.1, 0.15) is 23.3 Å². The molecule has 0 amide bonds. The van der Waals surface area contributed by atoms with Gasteiger partial charge in [-0.1, -0.05) is 28.1 Å². The molecule has 18 heavy (non-hydrogen) atoms. The van der Waals surface area contributed by atoms with Gasteiger partial charge in [-0.2, -0.15) is 0 Å². The number of rotatable bonds is 4. The summed E-state index contributed by atoms with van der Waals surface area (Å²) in [5, 5.41) is 10.3. The van der Waals surface area contributed by atoms with Crippen molar-refractivity contribution in [3.8, 4) is 0 Å². The summed E-state index contributed by atoms with van der Waals surface area (Å²) in [5.74, 6) is 0.317. The molecular formula is C13H13Br2NO2. The van der Waals surface area contributed by atoms with Crippen molar-refractivity contribution in [3.05, 3.63) is 56.9 Å². The first-order valence-electron chi connectivity index (χ1n) is 5.50. The van der Waals surface area contributed by atoms with E-state index in [4.69, 9.17) is 10.2 Å². The highest BCUT2D eigenvalue weighted by Crippen LogP contribution is 2.33. The summed E-state index contributed by atoms with van der Waals surface area (Å²) in [6.07, 6.45) is -0.754. The van der Waals surface area contributed by atoms with Gasteiger partial charge >= 0.3 is 0 Å². The van der Waals surface area contributed by atoms with Gasteiger partial charge in [0.05, 0.1) is 0 Å². The van der Waals surface area contributed by atoms with Crippen molar-refractivity contribution in [1.29, 1.82) is 0 Å². The Morgan fingerprint density at radius 3 is 2.56 bits per heavy atom. The average molecular weight is 375 g/mol. The quantitative estimate of drug-likeness (QED) is 0.859. The van der Waals surface area contributed by atoms with E-state index >= 15 is 0 Å². The lowest BCUT2D eigenvalue weighted by molar-refractivity contribution is 0.120. The minimum absolute atomic E-state index is 0.194. The zero-order valence-corrected chi connectivity index (χ0v) is 12.7. The van der Waals surface area contributed by atoms with Crippen LogP contribution in [0, 0.1) is 0 Å². The molecule has 0 radical (unpaired) electrons. The number of hydrogen-bond acceptors (Lipinski definition) is 3. The molecule has 0 bridgehead atoms. The molecule has 3 nitrogen and oxygen atoms in total. The minimum Gasteiger partial charge on any atom is -0.452 e. The van der Waals surface area contributed by atoms with E-state index in [1.807, 2.05) is 24.3 Å². The van der Waals surface area contributed by atoms with E-state index in [1.165, 1.54) is 0 Å². The van der Waals surface area contributed by atoms with Gasteiger partial charge in [-0.05, 0) is 45.8 Å². The molecule has 2 aromatic rings. The lowest BCUT2D eigenvalue weighted by Crippen LogP contribution is -2.19. The molecule has 0 saturated heterocycles. The van der Waals surface area contributed by atoms with Gasteiger partial charge in [-0.25, -0.2) is 0 Å². The van der Waals surface area contributed by atoms with E-state index < -0.39 is 6.10 Å². The van der Waals surface area contributed by atoms with Gasteiger partial charge < -0.3 is 15.3 Å². The van der Waals surface area contributed by atoms with E-state index in [0.29, 0.717) is 17.0 Å². The molecule has 1 aromatic heterocycles. The van der Waals surface area contributed by atoms with Crippen molar-refractivity contribution < 1.29 is 9.52 Å². The van der Waals surface area contributed by atoms with E-state index in [2.05, 4.69) is 31.9 Å². The SMILES string of the molecule is NCC(c1cccc(Br)c1)C(O)c1ccc(Br)o1. The second kappa shape index (κ2) is 6.02. The zero-order chi connectivity index (χ0) is 13.1. The van der Waals surface area contributed by atoms with Crippen LogP contribution >= 0.6 is 31.9 Å². The van der Waals surface area contributed by atoms with Crippen LogP contribution in [0.2, 0.25) is 0 Å². The Hall–Kier alpha value is -0.620. The molecule has 96 valence electrons. The monoisotopic (exact) mass is 373 g/mol. The third-order valence-electron chi connectivity index (χ3n) is 2.80. The van der Waals surface area contributed by atoms with Crippen LogP contribution in [-0.2, 0) is 0 Å². The fraction of sp³-hybridized carbons (Fsp3) is 0.231. The van der Waals surface area contributed by atoms with E-state index in [1.54, 1.807) is 12.1 Å². The fourth-order valence-corrected chi connectivity index (χ4v) is 2.61. The number of aliphatic hydroxyl groups is 1. The van der Waals surface area contributed by atoms with Gasteiger partial charge in [0.15, 0.2) is 4.67 Å². The Balaban J connectivity index is 2.28. The summed E-state index contributed by atoms with van der Waals surface area (Å²) in [6, 6.07) is 11.3. The molecule has 0 aliphatic heterocycles. The first kappa shape index (κ1) is 13.8. The van der Waals surface area contributed by atoms with Crippen LogP contribution in [0.5, 0.6) is 0 Å². The summed E-state index contributed by atoms with van der Waals surface area (Å²) in [7, 11) is 0. The van der Waals surface area contributed by atoms with E-state index in [9.17, 15) is 5.11 Å². The normalized spacial score (nSPS) is 14.4. The van der Waals surface area contributed by atoms with E-state index in [-0.39, 0.29) is 5.92 Å². The Morgan fingerprint density at radius 1 is 1.22 bits per heavy atom. The molecule has 0 spiro atoms. The molecule has 2 unspecified atom stereocenters. The molecule has 5 heteroatoms. The van der Waals surface area contributed by atoms with E-state index in [0.717, 1.165) is 10.0 Å². The van der Waals surface area contributed by atoms with Crippen molar-refractivity contribution in [2.45, 2.75) is 12.0 Å². The van der Waals surface area contributed by atoms with Gasteiger partial charge in [0.25, 0.3) is 0 Å². The van der Waals surface area contributed by atoms with Crippen molar-refractivity contribution in [2.24, 2.45) is 5.73 Å². The van der Waals surface area contributed by atoms with Crippen LogP contribution in [0.4, 0.5) is 0 Å². The van der Waals surface area contributed by atoms with Gasteiger partial charge in [0, 0.05) is 16.9 Å². The predicted molar refractivity (Wildman–Crippen MR) is 77.3 cm³/mol. The van der Waals surface area contributed by atoms with Crippen LogP contribution in [0.3, 0.4) is 0 Å². The predicted octanol–water partition coefficient (Wildman–Crippen LogP) is 3.58. The maximum atomic E-state index is 10.3. The fourth-order valence-electron chi connectivity index (χ4n) is 1.87. The first-order valence-corrected chi connectivity index (χ1v) is 7.09.